The molecule has 0 unspecified atom stereocenters. The molecule has 0 fully saturated rings. The molecule has 2 aromatic heterocycles. The van der Waals surface area contributed by atoms with Gasteiger partial charge >= 0.3 is 0 Å². The summed E-state index contributed by atoms with van der Waals surface area (Å²) < 4.78 is 0. The second-order valence-corrected chi connectivity index (χ2v) is 9.96. The maximum atomic E-state index is 13.5. The van der Waals surface area contributed by atoms with E-state index in [4.69, 9.17) is 11.6 Å². The molecule has 7 nitrogen and oxygen atoms in total. The van der Waals surface area contributed by atoms with E-state index in [1.54, 1.807) is 36.7 Å². The highest BCUT2D eigenvalue weighted by Gasteiger charge is 2.27. The molecule has 2 heterocycles. The van der Waals surface area contributed by atoms with Crippen molar-refractivity contribution in [1.82, 2.24) is 25.9 Å². The summed E-state index contributed by atoms with van der Waals surface area (Å²) in [6, 6.07) is 26.4. The van der Waals surface area contributed by atoms with Crippen LogP contribution in [-0.4, -0.2) is 28.2 Å². The summed E-state index contributed by atoms with van der Waals surface area (Å²) in [4.78, 5) is 35.4. The lowest BCUT2D eigenvalue weighted by Crippen LogP contribution is -2.35. The van der Waals surface area contributed by atoms with E-state index in [2.05, 4.69) is 25.9 Å². The number of amides is 1. The zero-order valence-electron chi connectivity index (χ0n) is 22.4. The maximum absolute atomic E-state index is 13.5. The number of pyridine rings is 2. The summed E-state index contributed by atoms with van der Waals surface area (Å²) in [5, 5.41) is 10.2. The minimum atomic E-state index is -0.788. The Morgan fingerprint density at radius 1 is 0.725 bits per heavy atom. The predicted molar refractivity (Wildman–Crippen MR) is 158 cm³/mol. The minimum Gasteiger partial charge on any atom is -0.351 e. The molecule has 0 radical (unpaired) electrons. The van der Waals surface area contributed by atoms with Gasteiger partial charge in [0.2, 0.25) is 5.91 Å². The molecule has 40 heavy (non-hydrogen) atoms. The topological polar surface area (TPSA) is 96.0 Å². The van der Waals surface area contributed by atoms with Gasteiger partial charge in [0.1, 0.15) is 5.92 Å². The molecule has 4 rings (SSSR count). The fraction of sp³-hybridized carbons (Fsp3) is 0.250. The van der Waals surface area contributed by atoms with E-state index in [1.807, 2.05) is 60.7 Å². The number of hydrogen-bond acceptors (Lipinski definition) is 6. The van der Waals surface area contributed by atoms with Crippen molar-refractivity contribution in [1.29, 1.82) is 0 Å². The van der Waals surface area contributed by atoms with Gasteiger partial charge in [0.25, 0.3) is 0 Å². The summed E-state index contributed by atoms with van der Waals surface area (Å²) in [5.41, 5.74) is 4.37. The lowest BCUT2D eigenvalue weighted by atomic mass is 9.91. The normalized spacial score (nSPS) is 11.6. The zero-order chi connectivity index (χ0) is 28.0. The predicted octanol–water partition coefficient (Wildman–Crippen LogP) is 5.11. The number of aromatic nitrogens is 2. The standard InChI is InChI=1S/C32H34ClN5O2/c33-27-8-5-7-25(19-27)21-38-32(40)30(11-6-16-34-22-28-9-1-3-17-36-28)31(39)26-14-12-24(13-15-26)20-35-23-29-10-2-4-18-37-29/h1-5,7-10,12-15,17-19,30,34-35H,6,11,16,20-23H2,(H,38,40)/t30-/m0/s1. The van der Waals surface area contributed by atoms with E-state index in [-0.39, 0.29) is 11.7 Å². The van der Waals surface area contributed by atoms with Gasteiger partial charge in [0.05, 0.1) is 11.4 Å². The smallest absolute Gasteiger partial charge is 0.231 e. The Balaban J connectivity index is 1.34. The third kappa shape index (κ3) is 9.38. The summed E-state index contributed by atoms with van der Waals surface area (Å²) in [5.74, 6) is -1.25. The highest BCUT2D eigenvalue weighted by Crippen LogP contribution is 2.17. The third-order valence-electron chi connectivity index (χ3n) is 6.47. The van der Waals surface area contributed by atoms with Gasteiger partial charge in [-0.2, -0.15) is 0 Å². The van der Waals surface area contributed by atoms with Crippen LogP contribution < -0.4 is 16.0 Å². The number of rotatable bonds is 15. The van der Waals surface area contributed by atoms with E-state index in [1.165, 1.54) is 0 Å². The molecule has 0 spiro atoms. The molecule has 2 aromatic carbocycles. The van der Waals surface area contributed by atoms with Crippen LogP contribution in [0.3, 0.4) is 0 Å². The Morgan fingerprint density at radius 2 is 1.43 bits per heavy atom. The van der Waals surface area contributed by atoms with Crippen LogP contribution in [0.25, 0.3) is 0 Å². The Kier molecular flexibility index (Phi) is 11.4. The van der Waals surface area contributed by atoms with Crippen LogP contribution in [0.15, 0.2) is 97.3 Å². The molecule has 8 heteroatoms. The van der Waals surface area contributed by atoms with Crippen LogP contribution in [0.4, 0.5) is 0 Å². The number of carbonyl (C=O) groups excluding carboxylic acids is 2. The van der Waals surface area contributed by atoms with E-state index < -0.39 is 5.92 Å². The summed E-state index contributed by atoms with van der Waals surface area (Å²) in [6.45, 7) is 2.92. The highest BCUT2D eigenvalue weighted by molar-refractivity contribution is 6.30. The monoisotopic (exact) mass is 555 g/mol. The molecule has 1 atom stereocenters. The van der Waals surface area contributed by atoms with Gasteiger partial charge < -0.3 is 16.0 Å². The number of hydrogen-bond donors (Lipinski definition) is 3. The molecule has 4 aromatic rings. The maximum Gasteiger partial charge on any atom is 0.231 e. The first-order chi connectivity index (χ1) is 19.6. The average molecular weight is 556 g/mol. The van der Waals surface area contributed by atoms with Crippen molar-refractivity contribution in [2.75, 3.05) is 6.54 Å². The van der Waals surface area contributed by atoms with Crippen LogP contribution in [0.1, 0.15) is 45.7 Å². The number of carbonyl (C=O) groups is 2. The van der Waals surface area contributed by atoms with Crippen molar-refractivity contribution in [2.45, 2.75) is 39.0 Å². The van der Waals surface area contributed by atoms with Crippen LogP contribution >= 0.6 is 11.6 Å². The van der Waals surface area contributed by atoms with Gasteiger partial charge in [-0.25, -0.2) is 0 Å². The first-order valence-corrected chi connectivity index (χ1v) is 13.8. The zero-order valence-corrected chi connectivity index (χ0v) is 23.1. The lowest BCUT2D eigenvalue weighted by molar-refractivity contribution is -0.123. The molecular formula is C32H34ClN5O2. The number of nitrogens with one attached hydrogen (secondary N) is 3. The van der Waals surface area contributed by atoms with Crippen LogP contribution in [0.2, 0.25) is 5.02 Å². The van der Waals surface area contributed by atoms with Gasteiger partial charge in [-0.15, -0.1) is 0 Å². The molecule has 0 aliphatic carbocycles. The largest absolute Gasteiger partial charge is 0.351 e. The first-order valence-electron chi connectivity index (χ1n) is 13.4. The molecule has 3 N–H and O–H groups in total. The quantitative estimate of drug-likeness (QED) is 0.107. The van der Waals surface area contributed by atoms with Crippen LogP contribution in [0.5, 0.6) is 0 Å². The first kappa shape index (κ1) is 29.1. The van der Waals surface area contributed by atoms with Gasteiger partial charge in [-0.05, 0) is 66.9 Å². The number of halogens is 1. The molecule has 206 valence electrons. The summed E-state index contributed by atoms with van der Waals surface area (Å²) in [6.07, 6.45) is 4.64. The molecule has 1 amide bonds. The van der Waals surface area contributed by atoms with Crippen molar-refractivity contribution in [3.05, 3.63) is 130 Å². The molecule has 0 saturated carbocycles. The Hall–Kier alpha value is -3.91. The number of Topliss-reactive ketones (excluding diaryl/α,β-unsaturated/α-hetero) is 1. The number of nitrogens with zero attached hydrogens (tertiary/aromatic N) is 2. The second-order valence-electron chi connectivity index (χ2n) is 9.53. The fourth-order valence-electron chi connectivity index (χ4n) is 4.32. The van der Waals surface area contributed by atoms with Gasteiger partial charge in [0.15, 0.2) is 5.78 Å². The highest BCUT2D eigenvalue weighted by atomic mass is 35.5. The van der Waals surface area contributed by atoms with E-state index >= 15 is 0 Å². The minimum absolute atomic E-state index is 0.179. The Bertz CT molecular complexity index is 1350. The molecule has 0 aliphatic rings. The molecular weight excluding hydrogens is 522 g/mol. The summed E-state index contributed by atoms with van der Waals surface area (Å²) >= 11 is 6.09. The Labute approximate surface area is 240 Å². The van der Waals surface area contributed by atoms with E-state index in [0.29, 0.717) is 56.2 Å². The SMILES string of the molecule is O=C(NCc1cccc(Cl)c1)[C@@H](CCCNCc1ccccn1)C(=O)c1ccc(CNCc2ccccn2)cc1. The number of benzene rings is 2. The van der Waals surface area contributed by atoms with Gasteiger partial charge in [-0.3, -0.25) is 19.6 Å². The second kappa shape index (κ2) is 15.6. The van der Waals surface area contributed by atoms with Gasteiger partial charge in [-0.1, -0.05) is 60.1 Å². The van der Waals surface area contributed by atoms with Crippen LogP contribution in [-0.2, 0) is 31.0 Å². The Morgan fingerprint density at radius 3 is 2.08 bits per heavy atom. The molecule has 0 saturated heterocycles. The van der Waals surface area contributed by atoms with Crippen molar-refractivity contribution < 1.29 is 9.59 Å². The van der Waals surface area contributed by atoms with Crippen molar-refractivity contribution in [2.24, 2.45) is 5.92 Å². The van der Waals surface area contributed by atoms with Crippen molar-refractivity contribution >= 4 is 23.3 Å². The van der Waals surface area contributed by atoms with E-state index in [9.17, 15) is 9.59 Å². The number of ketones is 1. The fourth-order valence-corrected chi connectivity index (χ4v) is 4.53. The molecule has 0 aliphatic heterocycles. The van der Waals surface area contributed by atoms with Crippen LogP contribution in [0, 0.1) is 5.92 Å². The lowest BCUT2D eigenvalue weighted by Gasteiger charge is -2.17. The van der Waals surface area contributed by atoms with Crippen molar-refractivity contribution in [3.63, 3.8) is 0 Å². The van der Waals surface area contributed by atoms with E-state index in [0.717, 1.165) is 22.5 Å². The summed E-state index contributed by atoms with van der Waals surface area (Å²) in [7, 11) is 0. The molecule has 0 bridgehead atoms. The average Bonchev–Trinajstić information content (AvgIpc) is 2.99. The van der Waals surface area contributed by atoms with Crippen molar-refractivity contribution in [3.8, 4) is 0 Å². The third-order valence-corrected chi connectivity index (χ3v) is 6.70. The van der Waals surface area contributed by atoms with Gasteiger partial charge in [0, 0.05) is 49.2 Å².